The molecule has 1 aliphatic heterocycles. The fourth-order valence-electron chi connectivity index (χ4n) is 5.22. The van der Waals surface area contributed by atoms with Gasteiger partial charge in [-0.3, -0.25) is 0 Å². The van der Waals surface area contributed by atoms with Crippen molar-refractivity contribution in [3.05, 3.63) is 118 Å². The molecule has 1 heterocycles. The summed E-state index contributed by atoms with van der Waals surface area (Å²) in [5, 5.41) is 6.36. The van der Waals surface area contributed by atoms with E-state index >= 15 is 0 Å². The first-order chi connectivity index (χ1) is 18.6. The molecule has 5 nitrogen and oxygen atoms in total. The Morgan fingerprint density at radius 3 is 2.39 bits per heavy atom. The van der Waals surface area contributed by atoms with E-state index in [1.54, 1.807) is 31.4 Å². The van der Waals surface area contributed by atoms with Crippen LogP contribution in [0.2, 0.25) is 5.02 Å². The van der Waals surface area contributed by atoms with Crippen molar-refractivity contribution < 1.29 is 19.0 Å². The SMILES string of the molecule is COCC1CNCC(OCc2ccc3ccccc3c2)C1c1ccc(COC(=O)c2ccccc2Cl)cc1. The molecule has 38 heavy (non-hydrogen) atoms. The number of nitrogens with one attached hydrogen (secondary N) is 1. The van der Waals surface area contributed by atoms with Gasteiger partial charge in [-0.2, -0.15) is 0 Å². The standard InChI is InChI=1S/C32H32ClNO4/c1-36-21-27-17-34-18-30(37-20-23-12-13-24-6-2-3-7-26(24)16-23)31(27)25-14-10-22(11-15-25)19-38-32(35)28-8-4-5-9-29(28)33/h2-16,27,30-31,34H,17-21H2,1H3. The summed E-state index contributed by atoms with van der Waals surface area (Å²) < 4.78 is 17.6. The molecule has 0 saturated carbocycles. The van der Waals surface area contributed by atoms with Crippen LogP contribution >= 0.6 is 11.6 Å². The first-order valence-corrected chi connectivity index (χ1v) is 13.3. The minimum atomic E-state index is -0.430. The van der Waals surface area contributed by atoms with E-state index in [0.717, 1.165) is 24.2 Å². The highest BCUT2D eigenvalue weighted by atomic mass is 35.5. The van der Waals surface area contributed by atoms with Crippen molar-refractivity contribution in [2.45, 2.75) is 25.2 Å². The van der Waals surface area contributed by atoms with Gasteiger partial charge in [0.25, 0.3) is 0 Å². The molecule has 3 atom stereocenters. The van der Waals surface area contributed by atoms with Gasteiger partial charge in [0.15, 0.2) is 0 Å². The topological polar surface area (TPSA) is 56.8 Å². The zero-order chi connectivity index (χ0) is 26.3. The van der Waals surface area contributed by atoms with Gasteiger partial charge in [-0.05, 0) is 45.7 Å². The number of fused-ring (bicyclic) bond motifs is 1. The highest BCUT2D eigenvalue weighted by molar-refractivity contribution is 6.33. The average Bonchev–Trinajstić information content (AvgIpc) is 2.95. The van der Waals surface area contributed by atoms with Crippen LogP contribution in [0.25, 0.3) is 10.8 Å². The van der Waals surface area contributed by atoms with E-state index in [1.165, 1.54) is 16.3 Å². The fourth-order valence-corrected chi connectivity index (χ4v) is 5.43. The maximum atomic E-state index is 12.4. The van der Waals surface area contributed by atoms with E-state index < -0.39 is 5.97 Å². The second kappa shape index (κ2) is 12.5. The molecule has 0 aromatic heterocycles. The molecule has 4 aromatic rings. The Bertz CT molecular complexity index is 1370. The summed E-state index contributed by atoms with van der Waals surface area (Å²) in [4.78, 5) is 12.4. The summed E-state index contributed by atoms with van der Waals surface area (Å²) in [5.74, 6) is 0.0241. The number of carbonyl (C=O) groups excluding carboxylic acids is 1. The number of carbonyl (C=O) groups is 1. The summed E-state index contributed by atoms with van der Waals surface area (Å²) >= 11 is 6.12. The number of piperidine rings is 1. The molecule has 0 aliphatic carbocycles. The van der Waals surface area contributed by atoms with Gasteiger partial charge in [0, 0.05) is 32.0 Å². The molecule has 0 amide bonds. The summed E-state index contributed by atoms with van der Waals surface area (Å²) in [6.45, 7) is 3.01. The number of esters is 1. The molecule has 0 spiro atoms. The minimum Gasteiger partial charge on any atom is -0.457 e. The average molecular weight is 530 g/mol. The predicted molar refractivity (Wildman–Crippen MR) is 151 cm³/mol. The Labute approximate surface area is 228 Å². The highest BCUT2D eigenvalue weighted by Crippen LogP contribution is 2.34. The van der Waals surface area contributed by atoms with Gasteiger partial charge < -0.3 is 19.5 Å². The third-order valence-corrected chi connectivity index (χ3v) is 7.48. The molecule has 5 rings (SSSR count). The quantitative estimate of drug-likeness (QED) is 0.255. The molecule has 0 bridgehead atoms. The summed E-state index contributed by atoms with van der Waals surface area (Å²) in [6.07, 6.45) is -0.000675. The second-order valence-electron chi connectivity index (χ2n) is 9.73. The van der Waals surface area contributed by atoms with Crippen molar-refractivity contribution >= 4 is 28.3 Å². The lowest BCUT2D eigenvalue weighted by Crippen LogP contribution is -2.48. The Hall–Kier alpha value is -3.22. The zero-order valence-electron chi connectivity index (χ0n) is 21.4. The van der Waals surface area contributed by atoms with Crippen molar-refractivity contribution in [1.82, 2.24) is 5.32 Å². The van der Waals surface area contributed by atoms with Crippen LogP contribution in [0.15, 0.2) is 91.0 Å². The van der Waals surface area contributed by atoms with Gasteiger partial charge in [0.2, 0.25) is 0 Å². The third-order valence-electron chi connectivity index (χ3n) is 7.15. The molecule has 4 aromatic carbocycles. The first kappa shape index (κ1) is 26.4. The largest absolute Gasteiger partial charge is 0.457 e. The van der Waals surface area contributed by atoms with E-state index in [2.05, 4.69) is 59.9 Å². The van der Waals surface area contributed by atoms with Gasteiger partial charge in [0.1, 0.15) is 6.61 Å². The minimum absolute atomic E-state index is 0.000675. The van der Waals surface area contributed by atoms with Gasteiger partial charge in [-0.15, -0.1) is 0 Å². The van der Waals surface area contributed by atoms with Crippen LogP contribution < -0.4 is 5.32 Å². The molecule has 1 fully saturated rings. The van der Waals surface area contributed by atoms with Gasteiger partial charge in [-0.1, -0.05) is 84.4 Å². The predicted octanol–water partition coefficient (Wildman–Crippen LogP) is 6.39. The Kier molecular flexibility index (Phi) is 8.72. The van der Waals surface area contributed by atoms with E-state index in [1.807, 2.05) is 12.1 Å². The van der Waals surface area contributed by atoms with E-state index in [9.17, 15) is 4.79 Å². The smallest absolute Gasteiger partial charge is 0.339 e. The second-order valence-corrected chi connectivity index (χ2v) is 10.1. The molecular formula is C32H32ClNO4. The summed E-state index contributed by atoms with van der Waals surface area (Å²) in [6, 6.07) is 30.0. The van der Waals surface area contributed by atoms with Crippen LogP contribution in [-0.4, -0.2) is 38.9 Å². The monoisotopic (exact) mass is 529 g/mol. The molecule has 6 heteroatoms. The normalized spacial score (nSPS) is 19.4. The van der Waals surface area contributed by atoms with Crippen molar-refractivity contribution in [3.63, 3.8) is 0 Å². The number of hydrogen-bond donors (Lipinski definition) is 1. The molecule has 1 saturated heterocycles. The number of ether oxygens (including phenoxy) is 3. The molecule has 0 radical (unpaired) electrons. The van der Waals surface area contributed by atoms with Crippen molar-refractivity contribution in [1.29, 1.82) is 0 Å². The highest BCUT2D eigenvalue weighted by Gasteiger charge is 2.35. The molecule has 196 valence electrons. The van der Waals surface area contributed by atoms with Crippen LogP contribution in [0.4, 0.5) is 0 Å². The van der Waals surface area contributed by atoms with Crippen molar-refractivity contribution in [3.8, 4) is 0 Å². The summed E-state index contributed by atoms with van der Waals surface area (Å²) in [7, 11) is 1.74. The lowest BCUT2D eigenvalue weighted by atomic mass is 9.79. The lowest BCUT2D eigenvalue weighted by molar-refractivity contribution is -0.0193. The van der Waals surface area contributed by atoms with Crippen LogP contribution in [-0.2, 0) is 27.4 Å². The van der Waals surface area contributed by atoms with Crippen LogP contribution in [0.3, 0.4) is 0 Å². The third kappa shape index (κ3) is 6.25. The number of hydrogen-bond acceptors (Lipinski definition) is 5. The molecule has 1 aliphatic rings. The van der Waals surface area contributed by atoms with Crippen LogP contribution in [0.5, 0.6) is 0 Å². The first-order valence-electron chi connectivity index (χ1n) is 12.9. The molecule has 1 N–H and O–H groups in total. The maximum Gasteiger partial charge on any atom is 0.339 e. The van der Waals surface area contributed by atoms with E-state index in [4.69, 9.17) is 25.8 Å². The van der Waals surface area contributed by atoms with Gasteiger partial charge in [0.05, 0.1) is 29.9 Å². The number of halogens is 1. The zero-order valence-corrected chi connectivity index (χ0v) is 22.2. The molecule has 3 unspecified atom stereocenters. The van der Waals surface area contributed by atoms with Crippen LogP contribution in [0, 0.1) is 5.92 Å². The summed E-state index contributed by atoms with van der Waals surface area (Å²) in [5.41, 5.74) is 3.64. The number of methoxy groups -OCH3 is 1. The number of rotatable bonds is 9. The van der Waals surface area contributed by atoms with Crippen molar-refractivity contribution in [2.24, 2.45) is 5.92 Å². The number of benzene rings is 4. The van der Waals surface area contributed by atoms with Crippen molar-refractivity contribution in [2.75, 3.05) is 26.8 Å². The van der Waals surface area contributed by atoms with Crippen LogP contribution in [0.1, 0.15) is 33.0 Å². The lowest BCUT2D eigenvalue weighted by Gasteiger charge is -2.38. The van der Waals surface area contributed by atoms with Gasteiger partial charge >= 0.3 is 5.97 Å². The fraction of sp³-hybridized carbons (Fsp3) is 0.281. The Morgan fingerprint density at radius 1 is 0.868 bits per heavy atom. The molecular weight excluding hydrogens is 498 g/mol. The van der Waals surface area contributed by atoms with Gasteiger partial charge in [-0.25, -0.2) is 4.79 Å². The Morgan fingerprint density at radius 2 is 1.61 bits per heavy atom. The Balaban J connectivity index is 1.27. The van der Waals surface area contributed by atoms with E-state index in [0.29, 0.717) is 23.8 Å². The van der Waals surface area contributed by atoms with E-state index in [-0.39, 0.29) is 24.5 Å². The maximum absolute atomic E-state index is 12.4.